The van der Waals surface area contributed by atoms with Crippen molar-refractivity contribution in [3.8, 4) is 0 Å². The van der Waals surface area contributed by atoms with Gasteiger partial charge in [0.25, 0.3) is 0 Å². The molecule has 21 heavy (non-hydrogen) atoms. The third kappa shape index (κ3) is 4.08. The first kappa shape index (κ1) is 15.6. The molecule has 0 aliphatic carbocycles. The highest BCUT2D eigenvalue weighted by atomic mass is 79.9. The van der Waals surface area contributed by atoms with Crippen LogP contribution in [0, 0.1) is 6.92 Å². The minimum Gasteiger partial charge on any atom is -0.468 e. The van der Waals surface area contributed by atoms with Crippen molar-refractivity contribution in [3.05, 3.63) is 64.1 Å². The largest absolute Gasteiger partial charge is 0.468 e. The molecule has 2 aromatic rings. The average Bonchev–Trinajstić information content (AvgIpc) is 2.50. The molecule has 2 aromatic carbocycles. The Balaban J connectivity index is 2.15. The summed E-state index contributed by atoms with van der Waals surface area (Å²) < 4.78 is 5.96. The number of esters is 1. The van der Waals surface area contributed by atoms with Gasteiger partial charge in [0, 0.05) is 16.7 Å². The number of hydrogen-bond donors (Lipinski definition) is 1. The Hall–Kier alpha value is -1.81. The van der Waals surface area contributed by atoms with Crippen LogP contribution < -0.4 is 5.32 Å². The predicted molar refractivity (Wildman–Crippen MR) is 88.6 cm³/mol. The third-order valence-electron chi connectivity index (χ3n) is 3.37. The molecule has 0 amide bonds. The number of carbonyl (C=O) groups excluding carboxylic acids is 1. The number of methoxy groups -OCH3 is 1. The maximum Gasteiger partial charge on any atom is 0.314 e. The van der Waals surface area contributed by atoms with Crippen molar-refractivity contribution in [1.29, 1.82) is 0 Å². The summed E-state index contributed by atoms with van der Waals surface area (Å²) in [5, 5.41) is 3.33. The van der Waals surface area contributed by atoms with Gasteiger partial charge in [0.1, 0.15) is 0 Å². The zero-order chi connectivity index (χ0) is 15.2. The summed E-state index contributed by atoms with van der Waals surface area (Å²) in [6, 6.07) is 15.7. The smallest absolute Gasteiger partial charge is 0.314 e. The van der Waals surface area contributed by atoms with Crippen LogP contribution in [-0.4, -0.2) is 19.6 Å². The number of benzene rings is 2. The van der Waals surface area contributed by atoms with Crippen LogP contribution in [0.4, 0.5) is 5.69 Å². The van der Waals surface area contributed by atoms with Crippen LogP contribution in [-0.2, 0) is 9.53 Å². The van der Waals surface area contributed by atoms with Crippen molar-refractivity contribution in [3.63, 3.8) is 0 Å². The van der Waals surface area contributed by atoms with Crippen LogP contribution in [0.2, 0.25) is 0 Å². The van der Waals surface area contributed by atoms with Gasteiger partial charge in [-0.2, -0.15) is 0 Å². The molecular weight excluding hydrogens is 330 g/mol. The van der Waals surface area contributed by atoms with Gasteiger partial charge in [-0.25, -0.2) is 0 Å². The Bertz CT molecular complexity index is 613. The molecule has 0 aromatic heterocycles. The summed E-state index contributed by atoms with van der Waals surface area (Å²) in [5.74, 6) is -0.553. The van der Waals surface area contributed by atoms with E-state index < -0.39 is 0 Å². The zero-order valence-corrected chi connectivity index (χ0v) is 13.7. The number of aryl methyl sites for hydroxylation is 1. The Kier molecular flexibility index (Phi) is 5.39. The molecule has 3 nitrogen and oxygen atoms in total. The Morgan fingerprint density at radius 1 is 1.24 bits per heavy atom. The average molecular weight is 348 g/mol. The van der Waals surface area contributed by atoms with E-state index >= 15 is 0 Å². The fourth-order valence-corrected chi connectivity index (χ4v) is 2.68. The molecule has 0 aliphatic rings. The number of halogens is 1. The van der Waals surface area contributed by atoms with Gasteiger partial charge < -0.3 is 10.1 Å². The predicted octanol–water partition coefficient (Wildman–Crippen LogP) is 4.13. The lowest BCUT2D eigenvalue weighted by Gasteiger charge is -2.17. The van der Waals surface area contributed by atoms with Gasteiger partial charge in [0.05, 0.1) is 13.0 Å². The number of hydrogen-bond acceptors (Lipinski definition) is 3. The van der Waals surface area contributed by atoms with Crippen LogP contribution in [0.25, 0.3) is 0 Å². The van der Waals surface area contributed by atoms with Gasteiger partial charge in [0.2, 0.25) is 0 Å². The molecule has 1 atom stereocenters. The van der Waals surface area contributed by atoms with Gasteiger partial charge in [-0.1, -0.05) is 46.3 Å². The van der Waals surface area contributed by atoms with E-state index in [1.165, 1.54) is 7.11 Å². The van der Waals surface area contributed by atoms with E-state index in [4.69, 9.17) is 4.74 Å². The highest BCUT2D eigenvalue weighted by molar-refractivity contribution is 9.10. The fourth-order valence-electron chi connectivity index (χ4n) is 2.20. The lowest BCUT2D eigenvalue weighted by Crippen LogP contribution is -2.22. The van der Waals surface area contributed by atoms with Crippen LogP contribution in [0.3, 0.4) is 0 Å². The van der Waals surface area contributed by atoms with Crippen LogP contribution in [0.15, 0.2) is 53.0 Å². The molecule has 4 heteroatoms. The Morgan fingerprint density at radius 3 is 2.57 bits per heavy atom. The summed E-state index contributed by atoms with van der Waals surface area (Å²) in [6.45, 7) is 2.53. The standard InChI is InChI=1S/C17H18BrNO2/c1-12-10-14(18)8-9-16(12)19-11-15(17(20)21-2)13-6-4-3-5-7-13/h3-10,15,19H,11H2,1-2H3. The quantitative estimate of drug-likeness (QED) is 0.826. The molecule has 0 bridgehead atoms. The van der Waals surface area contributed by atoms with Crippen LogP contribution >= 0.6 is 15.9 Å². The zero-order valence-electron chi connectivity index (χ0n) is 12.1. The van der Waals surface area contributed by atoms with Crippen molar-refractivity contribution in [2.24, 2.45) is 0 Å². The van der Waals surface area contributed by atoms with Crippen LogP contribution in [0.5, 0.6) is 0 Å². The van der Waals surface area contributed by atoms with Gasteiger partial charge in [0.15, 0.2) is 0 Å². The highest BCUT2D eigenvalue weighted by Crippen LogP contribution is 2.23. The minimum absolute atomic E-state index is 0.233. The van der Waals surface area contributed by atoms with Gasteiger partial charge >= 0.3 is 5.97 Å². The molecular formula is C17H18BrNO2. The molecule has 0 heterocycles. The summed E-state index contributed by atoms with van der Waals surface area (Å²) >= 11 is 3.45. The molecule has 1 unspecified atom stereocenters. The molecule has 0 saturated carbocycles. The van der Waals surface area contributed by atoms with Crippen molar-refractivity contribution >= 4 is 27.6 Å². The molecule has 0 radical (unpaired) electrons. The maximum absolute atomic E-state index is 12.0. The lowest BCUT2D eigenvalue weighted by atomic mass is 9.99. The summed E-state index contributed by atoms with van der Waals surface area (Å²) in [6.07, 6.45) is 0. The Labute approximate surface area is 133 Å². The molecule has 110 valence electrons. The summed E-state index contributed by atoms with van der Waals surface area (Å²) in [4.78, 5) is 12.0. The molecule has 0 saturated heterocycles. The van der Waals surface area contributed by atoms with Crippen molar-refractivity contribution < 1.29 is 9.53 Å². The van der Waals surface area contributed by atoms with Crippen molar-refractivity contribution in [2.75, 3.05) is 19.0 Å². The number of ether oxygens (including phenoxy) is 1. The number of carbonyl (C=O) groups is 1. The van der Waals surface area contributed by atoms with Gasteiger partial charge in [-0.05, 0) is 36.2 Å². The van der Waals surface area contributed by atoms with Crippen LogP contribution in [0.1, 0.15) is 17.0 Å². The van der Waals surface area contributed by atoms with E-state index in [9.17, 15) is 4.79 Å². The van der Waals surface area contributed by atoms with Gasteiger partial charge in [-0.15, -0.1) is 0 Å². The fraction of sp³-hybridized carbons (Fsp3) is 0.235. The first-order valence-electron chi connectivity index (χ1n) is 6.74. The normalized spacial score (nSPS) is 11.8. The first-order valence-corrected chi connectivity index (χ1v) is 7.54. The maximum atomic E-state index is 12.0. The second-order valence-electron chi connectivity index (χ2n) is 4.83. The minimum atomic E-state index is -0.320. The molecule has 0 fully saturated rings. The highest BCUT2D eigenvalue weighted by Gasteiger charge is 2.21. The number of anilines is 1. The molecule has 0 spiro atoms. The van der Waals surface area contributed by atoms with E-state index in [1.807, 2.05) is 55.5 Å². The second-order valence-corrected chi connectivity index (χ2v) is 5.74. The number of nitrogens with one attached hydrogen (secondary N) is 1. The lowest BCUT2D eigenvalue weighted by molar-refractivity contribution is -0.142. The van der Waals surface area contributed by atoms with Crippen molar-refractivity contribution in [2.45, 2.75) is 12.8 Å². The van der Waals surface area contributed by atoms with Gasteiger partial charge in [-0.3, -0.25) is 4.79 Å². The van der Waals surface area contributed by atoms with E-state index in [0.717, 1.165) is 21.3 Å². The Morgan fingerprint density at radius 2 is 1.95 bits per heavy atom. The molecule has 2 rings (SSSR count). The first-order chi connectivity index (χ1) is 10.1. The summed E-state index contributed by atoms with van der Waals surface area (Å²) in [5.41, 5.74) is 3.09. The van der Waals surface area contributed by atoms with E-state index in [0.29, 0.717) is 6.54 Å². The third-order valence-corrected chi connectivity index (χ3v) is 3.87. The SMILES string of the molecule is COC(=O)C(CNc1ccc(Br)cc1C)c1ccccc1. The summed E-state index contributed by atoms with van der Waals surface area (Å²) in [7, 11) is 1.42. The van der Waals surface area contributed by atoms with Crippen molar-refractivity contribution in [1.82, 2.24) is 0 Å². The number of rotatable bonds is 5. The van der Waals surface area contributed by atoms with E-state index in [-0.39, 0.29) is 11.9 Å². The monoisotopic (exact) mass is 347 g/mol. The van der Waals surface area contributed by atoms with E-state index in [2.05, 4.69) is 21.2 Å². The second kappa shape index (κ2) is 7.27. The molecule has 0 aliphatic heterocycles. The molecule has 1 N–H and O–H groups in total. The van der Waals surface area contributed by atoms with E-state index in [1.54, 1.807) is 0 Å². The topological polar surface area (TPSA) is 38.3 Å².